The standard InChI is InChI=1S/C13H16O5/c1-16-11-3-2-10(13(14)15)6-12(11)18-8-9-4-5-17-7-9/h2-3,6,9H,4-5,7-8H2,1H3,(H,14,15). The highest BCUT2D eigenvalue weighted by Gasteiger charge is 2.17. The van der Waals surface area contributed by atoms with Crippen LogP contribution >= 0.6 is 0 Å². The van der Waals surface area contributed by atoms with Gasteiger partial charge in [-0.2, -0.15) is 0 Å². The van der Waals surface area contributed by atoms with E-state index in [-0.39, 0.29) is 5.56 Å². The van der Waals surface area contributed by atoms with Crippen LogP contribution < -0.4 is 9.47 Å². The number of aromatic carboxylic acids is 1. The summed E-state index contributed by atoms with van der Waals surface area (Å²) in [6.07, 6.45) is 0.973. The molecule has 18 heavy (non-hydrogen) atoms. The van der Waals surface area contributed by atoms with Crippen LogP contribution in [0, 0.1) is 5.92 Å². The molecule has 1 aromatic rings. The molecular weight excluding hydrogens is 236 g/mol. The van der Waals surface area contributed by atoms with Gasteiger partial charge in [-0.3, -0.25) is 0 Å². The highest BCUT2D eigenvalue weighted by atomic mass is 16.5. The lowest BCUT2D eigenvalue weighted by atomic mass is 10.1. The first-order chi connectivity index (χ1) is 8.70. The Bertz CT molecular complexity index is 423. The Hall–Kier alpha value is -1.75. The van der Waals surface area contributed by atoms with Crippen LogP contribution in [0.2, 0.25) is 0 Å². The van der Waals surface area contributed by atoms with Gasteiger partial charge in [0, 0.05) is 12.5 Å². The largest absolute Gasteiger partial charge is 0.493 e. The number of ether oxygens (including phenoxy) is 3. The van der Waals surface area contributed by atoms with Crippen molar-refractivity contribution in [2.75, 3.05) is 26.9 Å². The number of methoxy groups -OCH3 is 1. The van der Waals surface area contributed by atoms with Gasteiger partial charge in [0.15, 0.2) is 11.5 Å². The average molecular weight is 252 g/mol. The number of rotatable bonds is 5. The van der Waals surface area contributed by atoms with Crippen molar-refractivity contribution >= 4 is 5.97 Å². The van der Waals surface area contributed by atoms with Gasteiger partial charge in [-0.15, -0.1) is 0 Å². The maximum absolute atomic E-state index is 10.9. The molecule has 1 heterocycles. The molecule has 1 aliphatic rings. The summed E-state index contributed by atoms with van der Waals surface area (Å²) in [6, 6.07) is 4.58. The van der Waals surface area contributed by atoms with Gasteiger partial charge in [0.1, 0.15) is 0 Å². The van der Waals surface area contributed by atoms with Gasteiger partial charge in [-0.1, -0.05) is 0 Å². The first kappa shape index (κ1) is 12.7. The molecule has 1 unspecified atom stereocenters. The van der Waals surface area contributed by atoms with Crippen molar-refractivity contribution in [3.05, 3.63) is 23.8 Å². The van der Waals surface area contributed by atoms with Crippen LogP contribution in [0.5, 0.6) is 11.5 Å². The topological polar surface area (TPSA) is 65.0 Å². The fourth-order valence-corrected chi connectivity index (χ4v) is 1.84. The molecule has 0 amide bonds. The minimum absolute atomic E-state index is 0.188. The second-order valence-corrected chi connectivity index (χ2v) is 4.21. The Kier molecular flexibility index (Phi) is 4.04. The summed E-state index contributed by atoms with van der Waals surface area (Å²) in [5, 5.41) is 8.94. The lowest BCUT2D eigenvalue weighted by Crippen LogP contribution is -2.12. The Morgan fingerprint density at radius 3 is 2.94 bits per heavy atom. The quantitative estimate of drug-likeness (QED) is 0.865. The summed E-state index contributed by atoms with van der Waals surface area (Å²) in [4.78, 5) is 10.9. The summed E-state index contributed by atoms with van der Waals surface area (Å²) in [5.41, 5.74) is 0.188. The lowest BCUT2D eigenvalue weighted by molar-refractivity contribution is 0.0696. The van der Waals surface area contributed by atoms with Crippen LogP contribution in [0.1, 0.15) is 16.8 Å². The van der Waals surface area contributed by atoms with Gasteiger partial charge in [0.05, 0.1) is 25.9 Å². The van der Waals surface area contributed by atoms with E-state index in [0.29, 0.717) is 30.6 Å². The highest BCUT2D eigenvalue weighted by molar-refractivity contribution is 5.88. The van der Waals surface area contributed by atoms with Crippen LogP contribution in [0.15, 0.2) is 18.2 Å². The van der Waals surface area contributed by atoms with E-state index in [0.717, 1.165) is 13.0 Å². The Morgan fingerprint density at radius 2 is 2.33 bits per heavy atom. The monoisotopic (exact) mass is 252 g/mol. The normalized spacial score (nSPS) is 18.6. The number of carbonyl (C=O) groups is 1. The average Bonchev–Trinajstić information content (AvgIpc) is 2.89. The van der Waals surface area contributed by atoms with Crippen molar-refractivity contribution in [2.24, 2.45) is 5.92 Å². The summed E-state index contributed by atoms with van der Waals surface area (Å²) in [6.45, 7) is 1.97. The van der Waals surface area contributed by atoms with Gasteiger partial charge in [0.25, 0.3) is 0 Å². The number of benzene rings is 1. The molecule has 1 saturated heterocycles. The molecular formula is C13H16O5. The van der Waals surface area contributed by atoms with E-state index >= 15 is 0 Å². The molecule has 98 valence electrons. The maximum Gasteiger partial charge on any atom is 0.335 e. The van der Waals surface area contributed by atoms with E-state index in [1.807, 2.05) is 0 Å². The van der Waals surface area contributed by atoms with E-state index in [4.69, 9.17) is 19.3 Å². The molecule has 5 heteroatoms. The number of hydrogen-bond acceptors (Lipinski definition) is 4. The molecule has 0 aliphatic carbocycles. The fraction of sp³-hybridized carbons (Fsp3) is 0.462. The number of carboxylic acids is 1. The lowest BCUT2D eigenvalue weighted by Gasteiger charge is -2.13. The maximum atomic E-state index is 10.9. The molecule has 1 fully saturated rings. The minimum atomic E-state index is -0.980. The molecule has 1 N–H and O–H groups in total. The van der Waals surface area contributed by atoms with Gasteiger partial charge < -0.3 is 19.3 Å². The molecule has 1 aliphatic heterocycles. The van der Waals surface area contributed by atoms with Crippen LogP contribution in [0.3, 0.4) is 0 Å². The summed E-state index contributed by atoms with van der Waals surface area (Å²) in [7, 11) is 1.53. The van der Waals surface area contributed by atoms with Crippen molar-refractivity contribution in [2.45, 2.75) is 6.42 Å². The molecule has 1 aromatic carbocycles. The Balaban J connectivity index is 2.08. The van der Waals surface area contributed by atoms with Crippen molar-refractivity contribution in [3.63, 3.8) is 0 Å². The Labute approximate surface area is 105 Å². The minimum Gasteiger partial charge on any atom is -0.493 e. The van der Waals surface area contributed by atoms with Crippen LogP contribution in [-0.2, 0) is 4.74 Å². The fourth-order valence-electron chi connectivity index (χ4n) is 1.84. The van der Waals surface area contributed by atoms with Gasteiger partial charge >= 0.3 is 5.97 Å². The molecule has 1 atom stereocenters. The number of hydrogen-bond donors (Lipinski definition) is 1. The second-order valence-electron chi connectivity index (χ2n) is 4.21. The van der Waals surface area contributed by atoms with E-state index < -0.39 is 5.97 Å². The zero-order chi connectivity index (χ0) is 13.0. The van der Waals surface area contributed by atoms with Crippen LogP contribution in [-0.4, -0.2) is 38.0 Å². The van der Waals surface area contributed by atoms with E-state index in [9.17, 15) is 4.79 Å². The third-order valence-electron chi connectivity index (χ3n) is 2.91. The van der Waals surface area contributed by atoms with Crippen LogP contribution in [0.25, 0.3) is 0 Å². The SMILES string of the molecule is COc1ccc(C(=O)O)cc1OCC1CCOC1. The smallest absolute Gasteiger partial charge is 0.335 e. The highest BCUT2D eigenvalue weighted by Crippen LogP contribution is 2.29. The van der Waals surface area contributed by atoms with Crippen molar-refractivity contribution in [1.29, 1.82) is 0 Å². The molecule has 0 radical (unpaired) electrons. The van der Waals surface area contributed by atoms with Gasteiger partial charge in [-0.05, 0) is 24.6 Å². The van der Waals surface area contributed by atoms with Crippen molar-refractivity contribution < 1.29 is 24.1 Å². The van der Waals surface area contributed by atoms with E-state index in [1.54, 1.807) is 6.07 Å². The molecule has 0 bridgehead atoms. The first-order valence-corrected chi connectivity index (χ1v) is 5.82. The van der Waals surface area contributed by atoms with Crippen LogP contribution in [0.4, 0.5) is 0 Å². The second kappa shape index (κ2) is 5.73. The zero-order valence-corrected chi connectivity index (χ0v) is 10.2. The predicted molar refractivity (Wildman–Crippen MR) is 64.4 cm³/mol. The predicted octanol–water partition coefficient (Wildman–Crippen LogP) is 1.81. The number of carboxylic acid groups (broad SMARTS) is 1. The summed E-state index contributed by atoms with van der Waals surface area (Å²) in [5.74, 6) is 0.387. The summed E-state index contributed by atoms with van der Waals surface area (Å²) >= 11 is 0. The zero-order valence-electron chi connectivity index (χ0n) is 10.2. The van der Waals surface area contributed by atoms with E-state index in [2.05, 4.69) is 0 Å². The third-order valence-corrected chi connectivity index (χ3v) is 2.91. The first-order valence-electron chi connectivity index (χ1n) is 5.82. The molecule has 0 aromatic heterocycles. The summed E-state index contributed by atoms with van der Waals surface area (Å²) < 4.78 is 16.0. The van der Waals surface area contributed by atoms with Crippen molar-refractivity contribution in [1.82, 2.24) is 0 Å². The Morgan fingerprint density at radius 1 is 1.50 bits per heavy atom. The molecule has 2 rings (SSSR count). The van der Waals surface area contributed by atoms with Gasteiger partial charge in [0.2, 0.25) is 0 Å². The van der Waals surface area contributed by atoms with Gasteiger partial charge in [-0.25, -0.2) is 4.79 Å². The van der Waals surface area contributed by atoms with Crippen molar-refractivity contribution in [3.8, 4) is 11.5 Å². The van der Waals surface area contributed by atoms with E-state index in [1.165, 1.54) is 19.2 Å². The molecule has 5 nitrogen and oxygen atoms in total. The molecule has 0 spiro atoms. The third kappa shape index (κ3) is 2.92. The molecule has 0 saturated carbocycles.